The van der Waals surface area contributed by atoms with Crippen LogP contribution in [0.5, 0.6) is 0 Å². The molecule has 2 saturated carbocycles. The number of amides is 1. The smallest absolute Gasteiger partial charge is 0.407 e. The number of alkyl carbamates (subject to hydrolysis) is 1. The number of H-pyrrole nitrogens is 1. The van der Waals surface area contributed by atoms with Gasteiger partial charge >= 0.3 is 6.09 Å². The van der Waals surface area contributed by atoms with Crippen molar-refractivity contribution in [2.24, 2.45) is 0 Å². The predicted octanol–water partition coefficient (Wildman–Crippen LogP) is 3.11. The first-order chi connectivity index (χ1) is 13.9. The molecule has 9 heteroatoms. The number of sulfone groups is 1. The van der Waals surface area contributed by atoms with E-state index in [0.717, 1.165) is 54.6 Å². The van der Waals surface area contributed by atoms with Crippen molar-refractivity contribution in [2.45, 2.75) is 61.7 Å². The Bertz CT molecular complexity index is 1040. The van der Waals surface area contributed by atoms with Crippen molar-refractivity contribution < 1.29 is 17.9 Å². The number of ether oxygens (including phenoxy) is 1. The summed E-state index contributed by atoms with van der Waals surface area (Å²) < 4.78 is 29.1. The molecule has 2 atom stereocenters. The number of carbonyl (C=O) groups excluding carboxylic acids is 1. The lowest BCUT2D eigenvalue weighted by Crippen LogP contribution is -2.29. The Morgan fingerprint density at radius 2 is 1.93 bits per heavy atom. The predicted molar refractivity (Wildman–Crippen MR) is 108 cm³/mol. The SMILES string of the molecule is O=C(NC1CC1)O[C@H]1CC[C@@H](c2cc(Nc3ccc4c(c3)CS(=O)(=O)C4)n[nH]2)C1. The van der Waals surface area contributed by atoms with Gasteiger partial charge in [0.2, 0.25) is 0 Å². The Balaban J connectivity index is 1.19. The Hall–Kier alpha value is -2.55. The molecule has 0 saturated heterocycles. The fourth-order valence-electron chi connectivity index (χ4n) is 4.17. The van der Waals surface area contributed by atoms with E-state index in [1.54, 1.807) is 0 Å². The van der Waals surface area contributed by atoms with E-state index >= 15 is 0 Å². The third-order valence-electron chi connectivity index (χ3n) is 5.82. The summed E-state index contributed by atoms with van der Waals surface area (Å²) in [6.07, 6.45) is 4.32. The lowest BCUT2D eigenvalue weighted by atomic mass is 10.0. The molecule has 2 aromatic rings. The van der Waals surface area contributed by atoms with Gasteiger partial charge in [-0.15, -0.1) is 0 Å². The minimum Gasteiger partial charge on any atom is -0.446 e. The number of benzene rings is 1. The highest BCUT2D eigenvalue weighted by Crippen LogP contribution is 2.36. The number of nitrogens with one attached hydrogen (secondary N) is 3. The van der Waals surface area contributed by atoms with Crippen molar-refractivity contribution in [1.29, 1.82) is 0 Å². The minimum atomic E-state index is -3.01. The molecule has 3 N–H and O–H groups in total. The zero-order chi connectivity index (χ0) is 20.0. The van der Waals surface area contributed by atoms with Gasteiger partial charge in [0.05, 0.1) is 11.5 Å². The highest BCUT2D eigenvalue weighted by atomic mass is 32.2. The summed E-state index contributed by atoms with van der Waals surface area (Å²) in [7, 11) is -3.01. The minimum absolute atomic E-state index is 0.0582. The standard InChI is InChI=1S/C20H24N4O4S/c25-20(22-15-4-5-15)28-17-6-2-12(8-17)18-9-19(24-23-18)21-16-3-1-13-10-29(26,27)11-14(13)7-16/h1,3,7,9,12,15,17H,2,4-6,8,10-11H2,(H,22,25)(H2,21,23,24)/t12-,17+/m1/s1. The maximum Gasteiger partial charge on any atom is 0.407 e. The van der Waals surface area contributed by atoms with Gasteiger partial charge in [0.1, 0.15) is 6.10 Å². The van der Waals surface area contributed by atoms with E-state index < -0.39 is 9.84 Å². The molecule has 1 aromatic carbocycles. The number of aromatic nitrogens is 2. The molecule has 8 nitrogen and oxygen atoms in total. The van der Waals surface area contributed by atoms with Crippen LogP contribution >= 0.6 is 0 Å². The second-order valence-electron chi connectivity index (χ2n) is 8.31. The summed E-state index contributed by atoms with van der Waals surface area (Å²) in [6, 6.07) is 7.90. The molecular formula is C20H24N4O4S. The van der Waals surface area contributed by atoms with Gasteiger partial charge < -0.3 is 15.4 Å². The molecule has 0 radical (unpaired) electrons. The molecule has 1 amide bonds. The van der Waals surface area contributed by atoms with E-state index in [1.165, 1.54) is 0 Å². The largest absolute Gasteiger partial charge is 0.446 e. The van der Waals surface area contributed by atoms with Crippen LogP contribution in [-0.4, -0.2) is 36.9 Å². The Morgan fingerprint density at radius 3 is 2.76 bits per heavy atom. The van der Waals surface area contributed by atoms with Crippen molar-refractivity contribution in [1.82, 2.24) is 15.5 Å². The Morgan fingerprint density at radius 1 is 1.10 bits per heavy atom. The zero-order valence-electron chi connectivity index (χ0n) is 16.0. The summed E-state index contributed by atoms with van der Waals surface area (Å²) >= 11 is 0. The van der Waals surface area contributed by atoms with Crippen LogP contribution in [0.15, 0.2) is 24.3 Å². The molecule has 1 aromatic heterocycles. The van der Waals surface area contributed by atoms with Crippen LogP contribution in [0.4, 0.5) is 16.3 Å². The van der Waals surface area contributed by atoms with Gasteiger partial charge in [0.25, 0.3) is 0 Å². The molecule has 154 valence electrons. The van der Waals surface area contributed by atoms with Gasteiger partial charge in [-0.2, -0.15) is 5.10 Å². The van der Waals surface area contributed by atoms with Crippen molar-refractivity contribution in [2.75, 3.05) is 5.32 Å². The molecule has 2 aliphatic carbocycles. The lowest BCUT2D eigenvalue weighted by Gasteiger charge is -2.12. The van der Waals surface area contributed by atoms with Crippen molar-refractivity contribution >= 4 is 27.4 Å². The number of nitrogens with zero attached hydrogens (tertiary/aromatic N) is 1. The van der Waals surface area contributed by atoms with Crippen molar-refractivity contribution in [3.8, 4) is 0 Å². The molecule has 2 heterocycles. The average molecular weight is 417 g/mol. The van der Waals surface area contributed by atoms with Gasteiger partial charge in [-0.25, -0.2) is 13.2 Å². The molecule has 0 spiro atoms. The van der Waals surface area contributed by atoms with Crippen molar-refractivity contribution in [3.05, 3.63) is 41.1 Å². The first-order valence-electron chi connectivity index (χ1n) is 10.1. The molecule has 29 heavy (non-hydrogen) atoms. The Kier molecular flexibility index (Phi) is 4.49. The first-order valence-corrected chi connectivity index (χ1v) is 11.9. The number of carbonyl (C=O) groups is 1. The normalized spacial score (nSPS) is 24.8. The maximum atomic E-state index is 11.8. The molecule has 2 fully saturated rings. The lowest BCUT2D eigenvalue weighted by molar-refractivity contribution is 0.0997. The summed E-state index contributed by atoms with van der Waals surface area (Å²) in [5, 5.41) is 13.5. The van der Waals surface area contributed by atoms with E-state index in [0.29, 0.717) is 11.9 Å². The molecular weight excluding hydrogens is 392 g/mol. The van der Waals surface area contributed by atoms with Crippen LogP contribution in [-0.2, 0) is 26.1 Å². The highest BCUT2D eigenvalue weighted by molar-refractivity contribution is 7.90. The second kappa shape index (κ2) is 7.05. The van der Waals surface area contributed by atoms with E-state index in [-0.39, 0.29) is 29.6 Å². The topological polar surface area (TPSA) is 113 Å². The van der Waals surface area contributed by atoms with Gasteiger partial charge in [-0.05, 0) is 55.4 Å². The molecule has 1 aliphatic heterocycles. The maximum absolute atomic E-state index is 11.8. The van der Waals surface area contributed by atoms with Gasteiger partial charge in [0, 0.05) is 29.4 Å². The summed E-state index contributed by atoms with van der Waals surface area (Å²) in [4.78, 5) is 11.8. The number of aromatic amines is 1. The molecule has 0 bridgehead atoms. The van der Waals surface area contributed by atoms with Gasteiger partial charge in [-0.3, -0.25) is 5.10 Å². The van der Waals surface area contributed by atoms with Crippen LogP contribution < -0.4 is 10.6 Å². The number of hydrogen-bond donors (Lipinski definition) is 3. The number of hydrogen-bond acceptors (Lipinski definition) is 6. The average Bonchev–Trinajstić information content (AvgIpc) is 3.04. The van der Waals surface area contributed by atoms with Gasteiger partial charge in [0.15, 0.2) is 15.7 Å². The highest BCUT2D eigenvalue weighted by Gasteiger charge is 2.31. The second-order valence-corrected chi connectivity index (χ2v) is 10.4. The number of fused-ring (bicyclic) bond motifs is 1. The van der Waals surface area contributed by atoms with Crippen LogP contribution in [0, 0.1) is 0 Å². The monoisotopic (exact) mass is 416 g/mol. The fourth-order valence-corrected chi connectivity index (χ4v) is 5.77. The van der Waals surface area contributed by atoms with E-state index in [2.05, 4.69) is 20.8 Å². The van der Waals surface area contributed by atoms with E-state index in [1.807, 2.05) is 24.3 Å². The molecule has 3 aliphatic rings. The van der Waals surface area contributed by atoms with Crippen LogP contribution in [0.25, 0.3) is 0 Å². The third-order valence-corrected chi connectivity index (χ3v) is 7.33. The summed E-state index contributed by atoms with van der Waals surface area (Å²) in [5.41, 5.74) is 3.57. The summed E-state index contributed by atoms with van der Waals surface area (Å²) in [6.45, 7) is 0. The van der Waals surface area contributed by atoms with Crippen LogP contribution in [0.3, 0.4) is 0 Å². The van der Waals surface area contributed by atoms with Crippen LogP contribution in [0.2, 0.25) is 0 Å². The van der Waals surface area contributed by atoms with E-state index in [4.69, 9.17) is 4.74 Å². The van der Waals surface area contributed by atoms with Crippen LogP contribution in [0.1, 0.15) is 54.8 Å². The molecule has 0 unspecified atom stereocenters. The zero-order valence-corrected chi connectivity index (χ0v) is 16.8. The first kappa shape index (κ1) is 18.5. The number of anilines is 2. The molecule has 5 rings (SSSR count). The number of rotatable bonds is 5. The third kappa shape index (κ3) is 4.24. The quantitative estimate of drug-likeness (QED) is 0.690. The Labute approximate surface area is 169 Å². The van der Waals surface area contributed by atoms with E-state index in [9.17, 15) is 13.2 Å². The van der Waals surface area contributed by atoms with Gasteiger partial charge in [-0.1, -0.05) is 6.07 Å². The van der Waals surface area contributed by atoms with Crippen molar-refractivity contribution in [3.63, 3.8) is 0 Å². The fraction of sp³-hybridized carbons (Fsp3) is 0.500. The summed E-state index contributed by atoms with van der Waals surface area (Å²) in [5.74, 6) is 1.19.